The highest BCUT2D eigenvalue weighted by molar-refractivity contribution is 8.14. The highest BCUT2D eigenvalue weighted by atomic mass is 32.2. The number of carbonyl (C=O) groups excluding carboxylic acids is 3. The molecule has 1 fully saturated rings. The smallest absolute Gasteiger partial charge is 0.370 e. The summed E-state index contributed by atoms with van der Waals surface area (Å²) in [6.07, 6.45) is 0.898. The van der Waals surface area contributed by atoms with Gasteiger partial charge in [-0.05, 0) is 32.0 Å². The van der Waals surface area contributed by atoms with Crippen LogP contribution in [0.1, 0.15) is 33.6 Å². The number of hydrogen-bond donors (Lipinski definition) is 1. The minimum atomic E-state index is -1.00. The zero-order chi connectivity index (χ0) is 20.3. The van der Waals surface area contributed by atoms with E-state index in [1.165, 1.54) is 0 Å². The first-order valence-electron chi connectivity index (χ1n) is 9.00. The molecule has 0 saturated carbocycles. The van der Waals surface area contributed by atoms with Crippen LogP contribution in [0.5, 0.6) is 0 Å². The van der Waals surface area contributed by atoms with E-state index in [2.05, 4.69) is 9.64 Å². The molecule has 0 aromatic carbocycles. The maximum absolute atomic E-state index is 12.1. The van der Waals surface area contributed by atoms with Crippen LogP contribution in [-0.4, -0.2) is 79.2 Å². The summed E-state index contributed by atoms with van der Waals surface area (Å²) in [5.74, 6) is -1.04. The quantitative estimate of drug-likeness (QED) is 0.321. The van der Waals surface area contributed by atoms with Crippen molar-refractivity contribution in [1.82, 2.24) is 4.90 Å². The van der Waals surface area contributed by atoms with Crippen LogP contribution in [-0.2, 0) is 28.5 Å². The lowest BCUT2D eigenvalue weighted by molar-refractivity contribution is -0.151. The number of carbonyl (C=O) groups is 3. The number of morpholine rings is 1. The molecule has 0 spiro atoms. The predicted octanol–water partition coefficient (Wildman–Crippen LogP) is 1.14. The molecular formula is C17H30N2O7S. The fourth-order valence-corrected chi connectivity index (χ4v) is 2.97. The van der Waals surface area contributed by atoms with Gasteiger partial charge in [-0.25, -0.2) is 4.79 Å². The van der Waals surface area contributed by atoms with Crippen molar-refractivity contribution in [2.75, 3.05) is 46.2 Å². The minimum Gasteiger partial charge on any atom is -0.464 e. The van der Waals surface area contributed by atoms with Crippen LogP contribution in [0.2, 0.25) is 0 Å². The zero-order valence-corrected chi connectivity index (χ0v) is 17.0. The fraction of sp³-hybridized carbons (Fsp3) is 0.824. The van der Waals surface area contributed by atoms with Crippen molar-refractivity contribution < 1.29 is 33.3 Å². The number of nitrogens with two attached hydrogens (primary N) is 1. The Labute approximate surface area is 164 Å². The van der Waals surface area contributed by atoms with Gasteiger partial charge < -0.3 is 24.7 Å². The van der Waals surface area contributed by atoms with Crippen LogP contribution in [0.15, 0.2) is 0 Å². The lowest BCUT2D eigenvalue weighted by Crippen LogP contribution is -2.48. The second-order valence-corrected chi connectivity index (χ2v) is 8.13. The molecule has 1 heterocycles. The Balaban J connectivity index is 2.27. The van der Waals surface area contributed by atoms with Crippen molar-refractivity contribution in [3.8, 4) is 0 Å². The summed E-state index contributed by atoms with van der Waals surface area (Å²) < 4.78 is 19.0. The van der Waals surface area contributed by atoms with E-state index in [1.54, 1.807) is 20.8 Å². The second-order valence-electron chi connectivity index (χ2n) is 6.54. The molecule has 27 heavy (non-hydrogen) atoms. The van der Waals surface area contributed by atoms with Crippen molar-refractivity contribution in [2.24, 2.45) is 5.73 Å². The van der Waals surface area contributed by atoms with E-state index in [1.807, 2.05) is 0 Å². The summed E-state index contributed by atoms with van der Waals surface area (Å²) in [7, 11) is 0. The van der Waals surface area contributed by atoms with Crippen molar-refractivity contribution in [2.45, 2.75) is 44.4 Å². The normalized spacial score (nSPS) is 16.4. The lowest BCUT2D eigenvalue weighted by Gasteiger charge is -2.28. The van der Waals surface area contributed by atoms with Crippen LogP contribution in [0.4, 0.5) is 4.79 Å². The van der Waals surface area contributed by atoms with Crippen LogP contribution >= 0.6 is 11.8 Å². The van der Waals surface area contributed by atoms with Gasteiger partial charge in [-0.3, -0.25) is 14.5 Å². The number of rotatable bonds is 10. The molecule has 9 nitrogen and oxygen atoms in total. The summed E-state index contributed by atoms with van der Waals surface area (Å²) in [4.78, 5) is 37.2. The number of ether oxygens (including phenoxy) is 4. The van der Waals surface area contributed by atoms with Gasteiger partial charge in [0.2, 0.25) is 6.79 Å². The molecule has 1 saturated heterocycles. The van der Waals surface area contributed by atoms with Gasteiger partial charge in [0.25, 0.3) is 0 Å². The van der Waals surface area contributed by atoms with E-state index in [9.17, 15) is 14.4 Å². The van der Waals surface area contributed by atoms with Crippen LogP contribution in [0, 0.1) is 0 Å². The molecule has 0 bridgehead atoms. The fourth-order valence-electron chi connectivity index (χ4n) is 2.21. The molecule has 0 amide bonds. The van der Waals surface area contributed by atoms with E-state index in [4.69, 9.17) is 19.9 Å². The first kappa shape index (κ1) is 23.7. The highest BCUT2D eigenvalue weighted by Gasteiger charge is 2.37. The van der Waals surface area contributed by atoms with E-state index >= 15 is 0 Å². The third-order valence-corrected chi connectivity index (χ3v) is 5.07. The summed E-state index contributed by atoms with van der Waals surface area (Å²) in [5, 5.41) is -0.681. The molecule has 0 aromatic rings. The molecule has 1 atom stereocenters. The van der Waals surface area contributed by atoms with Crippen LogP contribution < -0.4 is 5.73 Å². The lowest BCUT2D eigenvalue weighted by atomic mass is 10.0. The van der Waals surface area contributed by atoms with Crippen LogP contribution in [0.25, 0.3) is 0 Å². The van der Waals surface area contributed by atoms with E-state index in [0.29, 0.717) is 6.42 Å². The van der Waals surface area contributed by atoms with E-state index < -0.39 is 34.8 Å². The van der Waals surface area contributed by atoms with Crippen molar-refractivity contribution >= 4 is 29.0 Å². The van der Waals surface area contributed by atoms with Gasteiger partial charge in [0.15, 0.2) is 0 Å². The summed E-state index contributed by atoms with van der Waals surface area (Å²) in [6.45, 7) is 8.78. The topological polar surface area (TPSA) is 117 Å². The average Bonchev–Trinajstić information content (AvgIpc) is 2.64. The SMILES string of the molecule is CCC(=O)OCOC(=O)SC(C)(C)[C@@H](N)C(=O)OCCCN1CCOCC1. The zero-order valence-electron chi connectivity index (χ0n) is 16.2. The second kappa shape index (κ2) is 12.2. The van der Waals surface area contributed by atoms with Gasteiger partial charge in [0.05, 0.1) is 19.8 Å². The number of hydrogen-bond acceptors (Lipinski definition) is 10. The Morgan fingerprint density at radius 2 is 1.85 bits per heavy atom. The summed E-state index contributed by atoms with van der Waals surface area (Å²) >= 11 is 0.759. The Morgan fingerprint density at radius 3 is 2.48 bits per heavy atom. The highest BCUT2D eigenvalue weighted by Crippen LogP contribution is 2.29. The third-order valence-electron chi connectivity index (χ3n) is 4.00. The standard InChI is InChI=1S/C17H30N2O7S/c1-4-13(20)25-12-26-16(22)27-17(2,3)14(18)15(21)24-9-5-6-19-7-10-23-11-8-19/h14H,4-12,18H2,1-3H3/t14-/m0/s1. The monoisotopic (exact) mass is 406 g/mol. The van der Waals surface area contributed by atoms with Gasteiger partial charge in [0.1, 0.15) is 6.04 Å². The molecule has 156 valence electrons. The Hall–Kier alpha value is -1.36. The molecule has 2 N–H and O–H groups in total. The average molecular weight is 407 g/mol. The molecule has 0 aliphatic carbocycles. The molecule has 0 radical (unpaired) electrons. The van der Waals surface area contributed by atoms with Gasteiger partial charge in [0, 0.05) is 30.8 Å². The van der Waals surface area contributed by atoms with Gasteiger partial charge in [-0.2, -0.15) is 0 Å². The van der Waals surface area contributed by atoms with Gasteiger partial charge >= 0.3 is 17.2 Å². The molecule has 1 aliphatic rings. The Morgan fingerprint density at radius 1 is 1.19 bits per heavy atom. The maximum Gasteiger partial charge on any atom is 0.370 e. The van der Waals surface area contributed by atoms with Crippen molar-refractivity contribution in [1.29, 1.82) is 0 Å². The molecule has 0 unspecified atom stereocenters. The number of esters is 2. The molecule has 0 aromatic heterocycles. The van der Waals surface area contributed by atoms with Gasteiger partial charge in [-0.15, -0.1) is 0 Å². The number of nitrogens with zero attached hydrogens (tertiary/aromatic N) is 1. The molecular weight excluding hydrogens is 376 g/mol. The van der Waals surface area contributed by atoms with Crippen molar-refractivity contribution in [3.63, 3.8) is 0 Å². The first-order chi connectivity index (χ1) is 12.8. The number of thioether (sulfide) groups is 1. The summed E-state index contributed by atoms with van der Waals surface area (Å²) in [6, 6.07) is -1.00. The van der Waals surface area contributed by atoms with Gasteiger partial charge in [-0.1, -0.05) is 6.92 Å². The Kier molecular flexibility index (Phi) is 10.7. The Bertz CT molecular complexity index is 496. The maximum atomic E-state index is 12.1. The van der Waals surface area contributed by atoms with Crippen molar-refractivity contribution in [3.05, 3.63) is 0 Å². The largest absolute Gasteiger partial charge is 0.464 e. The predicted molar refractivity (Wildman–Crippen MR) is 100 cm³/mol. The minimum absolute atomic E-state index is 0.193. The third kappa shape index (κ3) is 9.41. The van der Waals surface area contributed by atoms with E-state index in [0.717, 1.165) is 44.6 Å². The van der Waals surface area contributed by atoms with E-state index in [-0.39, 0.29) is 13.0 Å². The summed E-state index contributed by atoms with van der Waals surface area (Å²) in [5.41, 5.74) is 5.95. The molecule has 1 aliphatic heterocycles. The molecule has 10 heteroatoms. The first-order valence-corrected chi connectivity index (χ1v) is 9.81. The van der Waals surface area contributed by atoms with Crippen LogP contribution in [0.3, 0.4) is 0 Å². The molecule has 1 rings (SSSR count).